The topological polar surface area (TPSA) is 91.5 Å². The van der Waals surface area contributed by atoms with Crippen molar-refractivity contribution in [1.82, 2.24) is 10.6 Å². The molecular weight excluding hydrogens is 405 g/mol. The molecule has 1 aromatic heterocycles. The molecule has 0 radical (unpaired) electrons. The lowest BCUT2D eigenvalue weighted by Crippen LogP contribution is -2.53. The van der Waals surface area contributed by atoms with Gasteiger partial charge in [0.15, 0.2) is 5.79 Å². The largest absolute Gasteiger partial charge is 0.397 e. The van der Waals surface area contributed by atoms with Crippen LogP contribution in [0, 0.1) is 5.92 Å². The fraction of sp³-hybridized carbons (Fsp3) is 0.333. The highest BCUT2D eigenvalue weighted by molar-refractivity contribution is 7.19. The van der Waals surface area contributed by atoms with Crippen LogP contribution < -0.4 is 21.7 Å². The van der Waals surface area contributed by atoms with E-state index in [2.05, 4.69) is 16.0 Å². The molecule has 142 valence electrons. The van der Waals surface area contributed by atoms with Crippen molar-refractivity contribution in [3.8, 4) is 0 Å². The number of hydrogen-bond donors (Lipinski definition) is 4. The summed E-state index contributed by atoms with van der Waals surface area (Å²) in [5, 5.41) is 11.2. The fourth-order valence-corrected chi connectivity index (χ4v) is 4.78. The summed E-state index contributed by atoms with van der Waals surface area (Å²) in [4.78, 5) is 17.8. The monoisotopic (exact) mass is 423 g/mol. The summed E-state index contributed by atoms with van der Waals surface area (Å²) in [5.74, 6) is -0.491. The molecule has 6 nitrogen and oxygen atoms in total. The lowest BCUT2D eigenvalue weighted by Gasteiger charge is -2.36. The molecule has 2 aromatic rings. The maximum absolute atomic E-state index is 12.3. The van der Waals surface area contributed by atoms with E-state index in [-0.39, 0.29) is 5.91 Å². The van der Waals surface area contributed by atoms with Crippen LogP contribution in [0.5, 0.6) is 0 Å². The maximum atomic E-state index is 12.3. The van der Waals surface area contributed by atoms with E-state index in [4.69, 9.17) is 33.9 Å². The maximum Gasteiger partial charge on any atom is 0.263 e. The number of anilines is 2. The Morgan fingerprint density at radius 3 is 2.67 bits per heavy atom. The van der Waals surface area contributed by atoms with Gasteiger partial charge in [0.1, 0.15) is 9.88 Å². The molecule has 1 amide bonds. The van der Waals surface area contributed by atoms with Gasteiger partial charge < -0.3 is 16.4 Å². The quantitative estimate of drug-likeness (QED) is 0.604. The van der Waals surface area contributed by atoms with Gasteiger partial charge in [-0.2, -0.15) is 0 Å². The number of fused-ring (bicyclic) bond motifs is 1. The van der Waals surface area contributed by atoms with E-state index < -0.39 is 5.79 Å². The zero-order valence-corrected chi connectivity index (χ0v) is 17.1. The first-order chi connectivity index (χ1) is 12.9. The van der Waals surface area contributed by atoms with E-state index in [0.29, 0.717) is 32.2 Å². The van der Waals surface area contributed by atoms with Crippen molar-refractivity contribution < 1.29 is 4.79 Å². The summed E-state index contributed by atoms with van der Waals surface area (Å²) in [7, 11) is 3.47. The van der Waals surface area contributed by atoms with Crippen molar-refractivity contribution in [2.24, 2.45) is 10.9 Å². The van der Waals surface area contributed by atoms with Gasteiger partial charge in [-0.3, -0.25) is 10.1 Å². The smallest absolute Gasteiger partial charge is 0.263 e. The second-order valence-corrected chi connectivity index (χ2v) is 8.47. The summed E-state index contributed by atoms with van der Waals surface area (Å²) in [6, 6.07) is 5.39. The van der Waals surface area contributed by atoms with Gasteiger partial charge in [0, 0.05) is 18.5 Å². The number of nitrogens with zero attached hydrogens (tertiary/aromatic N) is 1. The van der Waals surface area contributed by atoms with E-state index in [1.165, 1.54) is 11.3 Å². The average molecular weight is 424 g/mol. The molecule has 2 heterocycles. The second kappa shape index (κ2) is 6.67. The lowest BCUT2D eigenvalue weighted by molar-refractivity contribution is 0.0968. The van der Waals surface area contributed by atoms with Gasteiger partial charge in [-0.1, -0.05) is 29.3 Å². The molecule has 1 unspecified atom stereocenters. The number of rotatable bonds is 4. The van der Waals surface area contributed by atoms with Crippen LogP contribution >= 0.6 is 34.5 Å². The van der Waals surface area contributed by atoms with Gasteiger partial charge in [0.05, 0.1) is 27.0 Å². The molecule has 1 fully saturated rings. The molecule has 0 bridgehead atoms. The van der Waals surface area contributed by atoms with Crippen molar-refractivity contribution in [2.75, 3.05) is 25.1 Å². The Hall–Kier alpha value is -1.80. The van der Waals surface area contributed by atoms with Crippen LogP contribution in [0.15, 0.2) is 23.2 Å². The van der Waals surface area contributed by atoms with Crippen molar-refractivity contribution in [3.63, 3.8) is 0 Å². The third-order valence-electron chi connectivity index (χ3n) is 4.95. The molecule has 4 rings (SSSR count). The Kier molecular flexibility index (Phi) is 4.58. The Morgan fingerprint density at radius 1 is 1.33 bits per heavy atom. The molecule has 5 N–H and O–H groups in total. The van der Waals surface area contributed by atoms with Gasteiger partial charge in [0.2, 0.25) is 0 Å². The first-order valence-electron chi connectivity index (χ1n) is 8.57. The number of halogens is 2. The third-order valence-corrected chi connectivity index (χ3v) is 6.81. The van der Waals surface area contributed by atoms with Gasteiger partial charge in [-0.25, -0.2) is 4.99 Å². The predicted octanol–water partition coefficient (Wildman–Crippen LogP) is 3.54. The molecule has 0 spiro atoms. The van der Waals surface area contributed by atoms with Gasteiger partial charge >= 0.3 is 0 Å². The second-order valence-electron chi connectivity index (χ2n) is 6.63. The number of nitrogens with one attached hydrogen (secondary N) is 3. The molecule has 1 atom stereocenters. The van der Waals surface area contributed by atoms with Crippen molar-refractivity contribution in [3.05, 3.63) is 44.2 Å². The van der Waals surface area contributed by atoms with E-state index in [9.17, 15) is 4.79 Å². The molecule has 1 aliphatic carbocycles. The highest BCUT2D eigenvalue weighted by Crippen LogP contribution is 2.48. The SMILES string of the molecule is CNC(=O)c1sc2c(c1N)C(c1ccc(Cl)c(Cl)c1)=NC(NC)(C1CC1)N2. The number of aliphatic imine (C=N–C) groups is 1. The predicted molar refractivity (Wildman–Crippen MR) is 112 cm³/mol. The highest BCUT2D eigenvalue weighted by Gasteiger charge is 2.48. The number of nitrogen functional groups attached to an aromatic ring is 1. The van der Waals surface area contributed by atoms with Crippen molar-refractivity contribution >= 4 is 56.8 Å². The lowest BCUT2D eigenvalue weighted by atomic mass is 9.99. The van der Waals surface area contributed by atoms with Crippen molar-refractivity contribution in [1.29, 1.82) is 0 Å². The highest BCUT2D eigenvalue weighted by atomic mass is 35.5. The molecule has 1 aromatic carbocycles. The zero-order chi connectivity index (χ0) is 19.3. The number of hydrogen-bond acceptors (Lipinski definition) is 6. The number of nitrogens with two attached hydrogens (primary N) is 1. The van der Waals surface area contributed by atoms with Crippen LogP contribution in [0.3, 0.4) is 0 Å². The standard InChI is InChI=1S/C18H19Cl2N5OS/c1-22-16(26)15-13(21)12-14(8-3-6-10(19)11(20)7-8)24-18(23-2,9-4-5-9)25-17(12)27-15/h3,6-7,9,23,25H,4-5,21H2,1-2H3,(H,22,26). The van der Waals surface area contributed by atoms with Gasteiger partial charge in [-0.05, 0) is 32.0 Å². The zero-order valence-electron chi connectivity index (χ0n) is 14.8. The summed E-state index contributed by atoms with van der Waals surface area (Å²) in [5.41, 5.74) is 9.01. The number of amides is 1. The summed E-state index contributed by atoms with van der Waals surface area (Å²) in [6.07, 6.45) is 2.15. The average Bonchev–Trinajstić information content (AvgIpc) is 3.47. The molecule has 2 aliphatic rings. The molecular formula is C18H19Cl2N5OS. The van der Waals surface area contributed by atoms with Crippen LogP contribution in [0.25, 0.3) is 0 Å². The van der Waals surface area contributed by atoms with E-state index in [1.54, 1.807) is 19.2 Å². The third kappa shape index (κ3) is 2.99. The van der Waals surface area contributed by atoms with E-state index in [0.717, 1.165) is 29.0 Å². The Balaban J connectivity index is 1.94. The van der Waals surface area contributed by atoms with Crippen LogP contribution in [-0.2, 0) is 0 Å². The van der Waals surface area contributed by atoms with E-state index in [1.807, 2.05) is 13.1 Å². The number of carbonyl (C=O) groups excluding carboxylic acids is 1. The van der Waals surface area contributed by atoms with Gasteiger partial charge in [0.25, 0.3) is 5.91 Å². The van der Waals surface area contributed by atoms with Crippen LogP contribution in [0.1, 0.15) is 33.6 Å². The minimum absolute atomic E-state index is 0.219. The first kappa shape index (κ1) is 18.6. The first-order valence-corrected chi connectivity index (χ1v) is 10.1. The minimum atomic E-state index is -0.633. The minimum Gasteiger partial charge on any atom is -0.397 e. The summed E-state index contributed by atoms with van der Waals surface area (Å²) in [6.45, 7) is 0. The number of carbonyl (C=O) groups is 1. The van der Waals surface area contributed by atoms with Crippen LogP contribution in [0.2, 0.25) is 10.0 Å². The van der Waals surface area contributed by atoms with Gasteiger partial charge in [-0.15, -0.1) is 11.3 Å². The molecule has 9 heteroatoms. The Bertz CT molecular complexity index is 969. The molecule has 0 saturated heterocycles. The summed E-state index contributed by atoms with van der Waals surface area (Å²) >= 11 is 13.7. The van der Waals surface area contributed by atoms with E-state index >= 15 is 0 Å². The van der Waals surface area contributed by atoms with Crippen molar-refractivity contribution in [2.45, 2.75) is 18.6 Å². The Morgan fingerprint density at radius 2 is 2.07 bits per heavy atom. The molecule has 1 saturated carbocycles. The normalized spacial score (nSPS) is 21.3. The Labute approximate surface area is 171 Å². The van der Waals surface area contributed by atoms with Crippen LogP contribution in [-0.4, -0.2) is 31.5 Å². The summed E-state index contributed by atoms with van der Waals surface area (Å²) < 4.78 is 0. The number of thiophene rings is 1. The molecule has 27 heavy (non-hydrogen) atoms. The molecule has 1 aliphatic heterocycles. The number of benzene rings is 1. The fourth-order valence-electron chi connectivity index (χ4n) is 3.35. The van der Waals surface area contributed by atoms with Crippen LogP contribution in [0.4, 0.5) is 10.7 Å².